The van der Waals surface area contributed by atoms with E-state index in [1.165, 1.54) is 0 Å². The van der Waals surface area contributed by atoms with Gasteiger partial charge in [-0.25, -0.2) is 13.4 Å². The second-order valence-electron chi connectivity index (χ2n) is 6.80. The highest BCUT2D eigenvalue weighted by Crippen LogP contribution is 2.36. The van der Waals surface area contributed by atoms with Crippen molar-refractivity contribution < 1.29 is 27.8 Å². The van der Waals surface area contributed by atoms with Crippen molar-refractivity contribution in [2.45, 2.75) is 20.3 Å². The third-order valence-electron chi connectivity index (χ3n) is 3.98. The summed E-state index contributed by atoms with van der Waals surface area (Å²) in [6.07, 6.45) is 0.301. The Morgan fingerprint density at radius 3 is 2.52 bits per heavy atom. The van der Waals surface area contributed by atoms with E-state index in [1.54, 1.807) is 4.72 Å². The number of carbonyl (C=O) groups excluding carboxylic acids is 1. The number of aromatic hydroxyl groups is 2. The van der Waals surface area contributed by atoms with Gasteiger partial charge in [0.25, 0.3) is 11.5 Å². The summed E-state index contributed by atoms with van der Waals surface area (Å²) < 4.78 is 40.3. The van der Waals surface area contributed by atoms with Gasteiger partial charge in [-0.2, -0.15) is 13.4 Å². The van der Waals surface area contributed by atoms with Crippen LogP contribution in [0.15, 0.2) is 16.9 Å². The number of anilines is 3. The van der Waals surface area contributed by atoms with E-state index in [0.29, 0.717) is 10.7 Å². The van der Waals surface area contributed by atoms with Gasteiger partial charge in [-0.3, -0.25) is 14.6 Å². The molecular weight excluding hydrogens is 409 g/mol. The van der Waals surface area contributed by atoms with Crippen LogP contribution in [0.1, 0.15) is 19.4 Å². The van der Waals surface area contributed by atoms with Crippen molar-refractivity contribution in [1.82, 2.24) is 14.7 Å². The summed E-state index contributed by atoms with van der Waals surface area (Å²) >= 11 is 0. The number of phenolic OH excluding ortho intramolecular Hbond substituents is 1. The molecule has 1 aromatic carbocycles. The van der Waals surface area contributed by atoms with Crippen LogP contribution in [0.25, 0.3) is 0 Å². The molecule has 0 unspecified atom stereocenters. The average Bonchev–Trinajstić information content (AvgIpc) is 2.82. The molecule has 1 aliphatic heterocycles. The lowest BCUT2D eigenvalue weighted by atomic mass is 10.1. The SMILES string of the molecule is CC(C)Cc1c(O)nc(Nc2cc(O)c(N3CC(=O)NS3(=O)=O)c(F)c2)[nH]c1=O. The highest BCUT2D eigenvalue weighted by molar-refractivity contribution is 7.92. The van der Waals surface area contributed by atoms with E-state index in [0.717, 1.165) is 12.1 Å². The molecule has 3 rings (SSSR count). The molecule has 2 aromatic rings. The number of hydrogen-bond acceptors (Lipinski definition) is 8. The van der Waals surface area contributed by atoms with Crippen molar-refractivity contribution >= 4 is 33.4 Å². The third kappa shape index (κ3) is 4.08. The zero-order valence-corrected chi connectivity index (χ0v) is 16.2. The van der Waals surface area contributed by atoms with Gasteiger partial charge in [0.1, 0.15) is 18.0 Å². The minimum atomic E-state index is -4.31. The number of aromatic amines is 1. The molecular formula is C16H18FN5O6S. The van der Waals surface area contributed by atoms with Crippen LogP contribution in [0.5, 0.6) is 11.6 Å². The van der Waals surface area contributed by atoms with Gasteiger partial charge in [0.05, 0.1) is 5.56 Å². The summed E-state index contributed by atoms with van der Waals surface area (Å²) in [7, 11) is -4.31. The van der Waals surface area contributed by atoms with Crippen LogP contribution in [-0.4, -0.2) is 41.1 Å². The molecule has 2 heterocycles. The molecule has 1 aliphatic rings. The van der Waals surface area contributed by atoms with Crippen LogP contribution >= 0.6 is 0 Å². The second-order valence-corrected chi connectivity index (χ2v) is 8.40. The van der Waals surface area contributed by atoms with Gasteiger partial charge in [0.15, 0.2) is 5.82 Å². The second kappa shape index (κ2) is 7.24. The zero-order valence-electron chi connectivity index (χ0n) is 15.4. The summed E-state index contributed by atoms with van der Waals surface area (Å²) in [5, 5.41) is 22.6. The van der Waals surface area contributed by atoms with Crippen molar-refractivity contribution in [2.24, 2.45) is 5.92 Å². The Labute approximate surface area is 164 Å². The average molecular weight is 427 g/mol. The van der Waals surface area contributed by atoms with Crippen LogP contribution in [0.2, 0.25) is 0 Å². The molecule has 11 nitrogen and oxygen atoms in total. The van der Waals surface area contributed by atoms with Gasteiger partial charge in [-0.15, -0.1) is 0 Å². The molecule has 0 spiro atoms. The molecule has 0 radical (unpaired) electrons. The molecule has 5 N–H and O–H groups in total. The number of nitrogens with zero attached hydrogens (tertiary/aromatic N) is 2. The number of phenols is 1. The molecule has 1 saturated heterocycles. The quantitative estimate of drug-likeness (QED) is 0.459. The number of H-pyrrole nitrogens is 1. The number of aromatic nitrogens is 2. The lowest BCUT2D eigenvalue weighted by Gasteiger charge is -2.18. The molecule has 13 heteroatoms. The zero-order chi connectivity index (χ0) is 21.5. The van der Waals surface area contributed by atoms with Crippen molar-refractivity contribution in [3.05, 3.63) is 33.9 Å². The first-order chi connectivity index (χ1) is 13.5. The summed E-state index contributed by atoms with van der Waals surface area (Å²) in [6.45, 7) is 3.04. The monoisotopic (exact) mass is 427 g/mol. The predicted molar refractivity (Wildman–Crippen MR) is 101 cm³/mol. The smallest absolute Gasteiger partial charge is 0.326 e. The number of hydrogen-bond donors (Lipinski definition) is 5. The maximum atomic E-state index is 14.5. The number of benzene rings is 1. The van der Waals surface area contributed by atoms with E-state index in [-0.39, 0.29) is 23.1 Å². The topological polar surface area (TPSA) is 165 Å². The fourth-order valence-electron chi connectivity index (χ4n) is 2.82. The van der Waals surface area contributed by atoms with Crippen LogP contribution in [0.3, 0.4) is 0 Å². The van der Waals surface area contributed by atoms with Gasteiger partial charge in [-0.1, -0.05) is 13.8 Å². The number of amides is 1. The van der Waals surface area contributed by atoms with E-state index >= 15 is 0 Å². The Hall–Kier alpha value is -3.35. The molecule has 0 bridgehead atoms. The number of rotatable bonds is 5. The fraction of sp³-hybridized carbons (Fsp3) is 0.312. The standard InChI is InChI=1S/C16H18FN5O6S/c1-7(2)3-9-14(25)19-16(20-15(9)26)18-8-4-10(17)13(11(23)5-8)22-6-12(24)21-29(22,27)28/h4-5,7,23H,3,6H2,1-2H3,(H,21,24)(H3,18,19,20,25,26). The minimum Gasteiger partial charge on any atom is -0.506 e. The van der Waals surface area contributed by atoms with E-state index in [9.17, 15) is 32.6 Å². The Morgan fingerprint density at radius 1 is 1.31 bits per heavy atom. The Kier molecular flexibility index (Phi) is 5.09. The molecule has 1 aromatic heterocycles. The summed E-state index contributed by atoms with van der Waals surface area (Å²) in [6, 6.07) is 1.82. The predicted octanol–water partition coefficient (Wildman–Crippen LogP) is 0.443. The van der Waals surface area contributed by atoms with Gasteiger partial charge in [0, 0.05) is 11.8 Å². The molecule has 0 saturated carbocycles. The van der Waals surface area contributed by atoms with Crippen molar-refractivity contribution in [3.63, 3.8) is 0 Å². The highest BCUT2D eigenvalue weighted by atomic mass is 32.2. The van der Waals surface area contributed by atoms with Gasteiger partial charge in [0.2, 0.25) is 11.8 Å². The molecule has 29 heavy (non-hydrogen) atoms. The molecule has 1 fully saturated rings. The number of carbonyl (C=O) groups is 1. The van der Waals surface area contributed by atoms with E-state index in [1.807, 2.05) is 13.8 Å². The first kappa shape index (κ1) is 20.4. The number of halogens is 1. The Morgan fingerprint density at radius 2 is 2.00 bits per heavy atom. The van der Waals surface area contributed by atoms with Crippen LogP contribution in [0, 0.1) is 11.7 Å². The van der Waals surface area contributed by atoms with Crippen molar-refractivity contribution in [3.8, 4) is 11.6 Å². The number of nitrogens with one attached hydrogen (secondary N) is 3. The Bertz CT molecular complexity index is 1120. The van der Waals surface area contributed by atoms with Crippen molar-refractivity contribution in [2.75, 3.05) is 16.2 Å². The molecule has 156 valence electrons. The van der Waals surface area contributed by atoms with Crippen molar-refractivity contribution in [1.29, 1.82) is 0 Å². The maximum absolute atomic E-state index is 14.5. The van der Waals surface area contributed by atoms with Crippen LogP contribution < -0.4 is 19.9 Å². The lowest BCUT2D eigenvalue weighted by molar-refractivity contribution is -0.117. The summed E-state index contributed by atoms with van der Waals surface area (Å²) in [5.74, 6) is -3.38. The molecule has 0 aliphatic carbocycles. The third-order valence-corrected chi connectivity index (χ3v) is 5.36. The Balaban J connectivity index is 1.93. The first-order valence-electron chi connectivity index (χ1n) is 8.43. The van der Waals surface area contributed by atoms with E-state index < -0.39 is 51.4 Å². The first-order valence-corrected chi connectivity index (χ1v) is 9.87. The molecule has 0 atom stereocenters. The summed E-state index contributed by atoms with van der Waals surface area (Å²) in [4.78, 5) is 29.6. The lowest BCUT2D eigenvalue weighted by Crippen LogP contribution is -2.30. The normalized spacial score (nSPS) is 15.6. The van der Waals surface area contributed by atoms with E-state index in [4.69, 9.17) is 0 Å². The highest BCUT2D eigenvalue weighted by Gasteiger charge is 2.37. The van der Waals surface area contributed by atoms with Gasteiger partial charge < -0.3 is 15.5 Å². The van der Waals surface area contributed by atoms with Gasteiger partial charge in [-0.05, 0) is 18.4 Å². The van der Waals surface area contributed by atoms with E-state index in [2.05, 4.69) is 15.3 Å². The van der Waals surface area contributed by atoms with Crippen LogP contribution in [-0.2, 0) is 21.4 Å². The fourth-order valence-corrected chi connectivity index (χ4v) is 3.99. The van der Waals surface area contributed by atoms with Gasteiger partial charge >= 0.3 is 10.2 Å². The summed E-state index contributed by atoms with van der Waals surface area (Å²) in [5.41, 5.74) is -1.27. The largest absolute Gasteiger partial charge is 0.506 e. The van der Waals surface area contributed by atoms with Crippen LogP contribution in [0.4, 0.5) is 21.7 Å². The molecule has 1 amide bonds. The minimum absolute atomic E-state index is 0.0845. The maximum Gasteiger partial charge on any atom is 0.326 e.